The molecule has 0 radical (unpaired) electrons. The highest BCUT2D eigenvalue weighted by Crippen LogP contribution is 2.20. The van der Waals surface area contributed by atoms with Gasteiger partial charge in [0, 0.05) is 28.2 Å². The summed E-state index contributed by atoms with van der Waals surface area (Å²) in [5.41, 5.74) is 1.67. The van der Waals surface area contributed by atoms with E-state index in [9.17, 15) is 4.79 Å². The highest BCUT2D eigenvalue weighted by Gasteiger charge is 2.33. The van der Waals surface area contributed by atoms with E-state index >= 15 is 0 Å². The van der Waals surface area contributed by atoms with Crippen LogP contribution in [0, 0.1) is 6.92 Å². The number of carbonyl (C=O) groups is 1. The first kappa shape index (κ1) is 17.5. The zero-order valence-corrected chi connectivity index (χ0v) is 15.2. The van der Waals surface area contributed by atoms with Gasteiger partial charge < -0.3 is 5.32 Å². The first-order valence-electron chi connectivity index (χ1n) is 7.19. The van der Waals surface area contributed by atoms with Crippen LogP contribution in [0.1, 0.15) is 22.0 Å². The van der Waals surface area contributed by atoms with E-state index in [0.29, 0.717) is 17.1 Å². The Bertz CT molecular complexity index is 745. The number of nitrogens with zero attached hydrogens (tertiary/aromatic N) is 1. The summed E-state index contributed by atoms with van der Waals surface area (Å²) in [5.74, 6) is -0.0605. The molecule has 1 N–H and O–H groups in total. The molecule has 1 heterocycles. The second kappa shape index (κ2) is 8.13. The molecular weight excluding hydrogens is 372 g/mol. The Kier molecular flexibility index (Phi) is 6.19. The predicted molar refractivity (Wildman–Crippen MR) is 99.7 cm³/mol. The van der Waals surface area contributed by atoms with Gasteiger partial charge in [-0.25, -0.2) is 0 Å². The monoisotopic (exact) mass is 389 g/mol. The number of aromatic nitrogens is 1. The van der Waals surface area contributed by atoms with E-state index in [1.807, 2.05) is 54.2 Å². The number of thiocarbonyl (C=S) groups is 1. The minimum atomic E-state index is -0.594. The maximum Gasteiger partial charge on any atom is 0.270 e. The van der Waals surface area contributed by atoms with Gasteiger partial charge in [-0.15, -0.1) is 6.58 Å². The second-order valence-electron chi connectivity index (χ2n) is 5.11. The molecule has 0 aliphatic heterocycles. The Morgan fingerprint density at radius 2 is 2.13 bits per heavy atom. The van der Waals surface area contributed by atoms with Crippen molar-refractivity contribution < 1.29 is 9.36 Å². The van der Waals surface area contributed by atoms with E-state index in [1.165, 1.54) is 0 Å². The lowest BCUT2D eigenvalue weighted by Crippen LogP contribution is -2.51. The summed E-state index contributed by atoms with van der Waals surface area (Å²) in [6.07, 6.45) is 5.49. The highest BCUT2D eigenvalue weighted by atomic mass is 79.9. The Hall–Kier alpha value is -1.85. The van der Waals surface area contributed by atoms with Crippen molar-refractivity contribution >= 4 is 38.9 Å². The number of rotatable bonds is 6. The number of carbonyl (C=O) groups excluding carboxylic acids is 1. The number of pyridine rings is 1. The molecule has 2 aromatic rings. The molecule has 0 saturated carbocycles. The van der Waals surface area contributed by atoms with E-state index in [1.54, 1.807) is 12.1 Å². The van der Waals surface area contributed by atoms with E-state index in [-0.39, 0.29) is 5.78 Å². The molecule has 0 fully saturated rings. The summed E-state index contributed by atoms with van der Waals surface area (Å²) in [6.45, 7) is 6.18. The quantitative estimate of drug-likeness (QED) is 0.354. The average molecular weight is 390 g/mol. The predicted octanol–water partition coefficient (Wildman–Crippen LogP) is 3.57. The number of hydrogen-bond acceptors (Lipinski definition) is 2. The molecule has 2 rings (SSSR count). The van der Waals surface area contributed by atoms with Crippen molar-refractivity contribution in [2.45, 2.75) is 13.0 Å². The largest absolute Gasteiger partial charge is 0.370 e. The van der Waals surface area contributed by atoms with E-state index in [0.717, 1.165) is 10.0 Å². The lowest BCUT2D eigenvalue weighted by Gasteiger charge is -2.15. The topological polar surface area (TPSA) is 33.0 Å². The molecule has 118 valence electrons. The van der Waals surface area contributed by atoms with Crippen molar-refractivity contribution in [3.05, 3.63) is 77.0 Å². The van der Waals surface area contributed by atoms with Crippen LogP contribution in [0.3, 0.4) is 0 Å². The second-order valence-corrected chi connectivity index (χ2v) is 6.40. The number of halogens is 1. The van der Waals surface area contributed by atoms with Crippen LogP contribution in [-0.4, -0.2) is 17.3 Å². The standard InChI is InChI=1S/C18H17BrN2OS/c1-3-10-20-18(23)16(21-11-6-7-13(2)12-21)17(22)14-8-4-5-9-15(14)19/h3-9,11-12,16H,1,10H2,2H3/p+1/t16-/m1/s1. The molecule has 0 aliphatic rings. The Morgan fingerprint density at radius 3 is 2.78 bits per heavy atom. The Morgan fingerprint density at radius 1 is 1.39 bits per heavy atom. The smallest absolute Gasteiger partial charge is 0.270 e. The molecule has 1 atom stereocenters. The third kappa shape index (κ3) is 4.33. The fraction of sp³-hybridized carbons (Fsp3) is 0.167. The molecule has 0 amide bonds. The van der Waals surface area contributed by atoms with Crippen LogP contribution in [0.2, 0.25) is 0 Å². The van der Waals surface area contributed by atoms with Crippen molar-refractivity contribution in [2.24, 2.45) is 0 Å². The molecule has 0 unspecified atom stereocenters. The molecule has 1 aromatic carbocycles. The number of benzene rings is 1. The van der Waals surface area contributed by atoms with Gasteiger partial charge in [0.25, 0.3) is 6.04 Å². The fourth-order valence-electron chi connectivity index (χ4n) is 2.24. The summed E-state index contributed by atoms with van der Waals surface area (Å²) >= 11 is 8.91. The van der Waals surface area contributed by atoms with Crippen molar-refractivity contribution in [2.75, 3.05) is 6.54 Å². The van der Waals surface area contributed by atoms with Crippen LogP contribution in [0.5, 0.6) is 0 Å². The van der Waals surface area contributed by atoms with E-state index < -0.39 is 6.04 Å². The molecule has 1 aromatic heterocycles. The SMILES string of the molecule is C=CCNC(=S)[C@@H](C(=O)c1ccccc1Br)[n+]1cccc(C)c1. The molecular formula is C18H18BrN2OS+. The first-order valence-corrected chi connectivity index (χ1v) is 8.39. The van der Waals surface area contributed by atoms with Gasteiger partial charge in [-0.2, -0.15) is 4.57 Å². The first-order chi connectivity index (χ1) is 11.0. The summed E-state index contributed by atoms with van der Waals surface area (Å²) in [5, 5.41) is 3.08. The minimum Gasteiger partial charge on any atom is -0.370 e. The van der Waals surface area contributed by atoms with Crippen LogP contribution in [0.4, 0.5) is 0 Å². The highest BCUT2D eigenvalue weighted by molar-refractivity contribution is 9.10. The van der Waals surface area contributed by atoms with Gasteiger partial charge in [-0.05, 0) is 25.1 Å². The molecule has 0 bridgehead atoms. The summed E-state index contributed by atoms with van der Waals surface area (Å²) in [6, 6.07) is 10.7. The fourth-order valence-corrected chi connectivity index (χ4v) is 3.04. The Balaban J connectivity index is 2.45. The average Bonchev–Trinajstić information content (AvgIpc) is 2.53. The van der Waals surface area contributed by atoms with Gasteiger partial charge in [0.15, 0.2) is 17.4 Å². The molecule has 0 aliphatic carbocycles. The number of Topliss-reactive ketones (excluding diaryl/α,β-unsaturated/α-hetero) is 1. The maximum absolute atomic E-state index is 13.1. The van der Waals surface area contributed by atoms with E-state index in [4.69, 9.17) is 12.2 Å². The van der Waals surface area contributed by atoms with Crippen molar-refractivity contribution in [1.29, 1.82) is 0 Å². The number of nitrogens with one attached hydrogen (secondary N) is 1. The maximum atomic E-state index is 13.1. The van der Waals surface area contributed by atoms with Crippen LogP contribution < -0.4 is 9.88 Å². The summed E-state index contributed by atoms with van der Waals surface area (Å²) in [4.78, 5) is 13.6. The number of hydrogen-bond donors (Lipinski definition) is 1. The summed E-state index contributed by atoms with van der Waals surface area (Å²) < 4.78 is 2.60. The number of ketones is 1. The Labute approximate surface area is 150 Å². The third-order valence-corrected chi connectivity index (χ3v) is 4.38. The molecule has 23 heavy (non-hydrogen) atoms. The molecule has 0 saturated heterocycles. The van der Waals surface area contributed by atoms with Crippen molar-refractivity contribution in [3.8, 4) is 0 Å². The van der Waals surface area contributed by atoms with Gasteiger partial charge in [0.1, 0.15) is 0 Å². The van der Waals surface area contributed by atoms with Crippen molar-refractivity contribution in [3.63, 3.8) is 0 Å². The van der Waals surface area contributed by atoms with Crippen LogP contribution in [0.25, 0.3) is 0 Å². The van der Waals surface area contributed by atoms with Crippen LogP contribution in [0.15, 0.2) is 65.9 Å². The van der Waals surface area contributed by atoms with Gasteiger partial charge in [0.2, 0.25) is 5.78 Å². The summed E-state index contributed by atoms with van der Waals surface area (Å²) in [7, 11) is 0. The van der Waals surface area contributed by atoms with Gasteiger partial charge in [-0.1, -0.05) is 46.4 Å². The van der Waals surface area contributed by atoms with E-state index in [2.05, 4.69) is 27.8 Å². The minimum absolute atomic E-state index is 0.0605. The number of aryl methyl sites for hydroxylation is 1. The molecule has 5 heteroatoms. The van der Waals surface area contributed by atoms with Gasteiger partial charge in [-0.3, -0.25) is 4.79 Å². The normalized spacial score (nSPS) is 11.6. The lowest BCUT2D eigenvalue weighted by molar-refractivity contribution is -0.692. The van der Waals surface area contributed by atoms with Crippen molar-refractivity contribution in [1.82, 2.24) is 5.32 Å². The van der Waals surface area contributed by atoms with Gasteiger partial charge in [0.05, 0.1) is 0 Å². The van der Waals surface area contributed by atoms with Gasteiger partial charge >= 0.3 is 0 Å². The van der Waals surface area contributed by atoms with Crippen LogP contribution in [-0.2, 0) is 0 Å². The third-order valence-electron chi connectivity index (χ3n) is 3.32. The zero-order chi connectivity index (χ0) is 16.8. The van der Waals surface area contributed by atoms with Crippen LogP contribution >= 0.6 is 28.1 Å². The zero-order valence-electron chi connectivity index (χ0n) is 12.8. The molecule has 0 spiro atoms. The molecule has 3 nitrogen and oxygen atoms in total. The lowest BCUT2D eigenvalue weighted by atomic mass is 10.0.